The molecule has 1 fully saturated rings. The number of hydrogen-bond acceptors (Lipinski definition) is 2. The molecule has 2 amide bonds. The highest BCUT2D eigenvalue weighted by Gasteiger charge is 2.43. The van der Waals surface area contributed by atoms with Crippen LogP contribution in [0, 0.1) is 5.92 Å². The number of carbonyl (C=O) groups is 2. The third kappa shape index (κ3) is 2.61. The van der Waals surface area contributed by atoms with Crippen molar-refractivity contribution in [3.05, 3.63) is 0 Å². The Morgan fingerprint density at radius 2 is 1.94 bits per heavy atom. The van der Waals surface area contributed by atoms with Gasteiger partial charge in [-0.15, -0.1) is 0 Å². The largest absolute Gasteiger partial charge is 0.340 e. The van der Waals surface area contributed by atoms with Crippen molar-refractivity contribution in [2.45, 2.75) is 59.0 Å². The minimum absolute atomic E-state index is 0.0481. The van der Waals surface area contributed by atoms with Gasteiger partial charge in [-0.25, -0.2) is 0 Å². The van der Waals surface area contributed by atoms with Gasteiger partial charge >= 0.3 is 0 Å². The molecule has 1 heterocycles. The van der Waals surface area contributed by atoms with E-state index in [0.717, 1.165) is 6.42 Å². The van der Waals surface area contributed by atoms with Crippen LogP contribution in [-0.4, -0.2) is 34.8 Å². The van der Waals surface area contributed by atoms with Crippen LogP contribution in [-0.2, 0) is 9.59 Å². The zero-order chi connectivity index (χ0) is 13.2. The molecule has 17 heavy (non-hydrogen) atoms. The Labute approximate surface area is 104 Å². The lowest BCUT2D eigenvalue weighted by atomic mass is 9.90. The highest BCUT2D eigenvalue weighted by Crippen LogP contribution is 2.23. The Balaban J connectivity index is 2.99. The molecule has 98 valence electrons. The zero-order valence-electron chi connectivity index (χ0n) is 11.5. The molecule has 0 aromatic heterocycles. The maximum atomic E-state index is 12.4. The van der Waals surface area contributed by atoms with Crippen molar-refractivity contribution >= 4 is 11.8 Å². The van der Waals surface area contributed by atoms with Crippen LogP contribution >= 0.6 is 0 Å². The summed E-state index contributed by atoms with van der Waals surface area (Å²) in [5.74, 6) is 0.379. The second-order valence-corrected chi connectivity index (χ2v) is 5.39. The molecule has 0 bridgehead atoms. The minimum Gasteiger partial charge on any atom is -0.340 e. The monoisotopic (exact) mass is 240 g/mol. The van der Waals surface area contributed by atoms with E-state index in [0.29, 0.717) is 12.3 Å². The molecule has 1 N–H and O–H groups in total. The molecule has 1 rings (SSSR count). The van der Waals surface area contributed by atoms with Gasteiger partial charge in [0, 0.05) is 6.04 Å². The van der Waals surface area contributed by atoms with E-state index in [-0.39, 0.29) is 24.4 Å². The van der Waals surface area contributed by atoms with Crippen LogP contribution in [0.25, 0.3) is 0 Å². The topological polar surface area (TPSA) is 49.4 Å². The number of rotatable bonds is 4. The summed E-state index contributed by atoms with van der Waals surface area (Å²) < 4.78 is 0. The molecule has 1 aliphatic rings. The molecule has 0 saturated carbocycles. The molecule has 0 aromatic rings. The Kier molecular flexibility index (Phi) is 4.17. The van der Waals surface area contributed by atoms with Gasteiger partial charge in [0.1, 0.15) is 5.54 Å². The van der Waals surface area contributed by atoms with E-state index in [2.05, 4.69) is 26.1 Å². The van der Waals surface area contributed by atoms with Crippen LogP contribution in [0.3, 0.4) is 0 Å². The molecule has 2 unspecified atom stereocenters. The van der Waals surface area contributed by atoms with Crippen molar-refractivity contribution in [2.75, 3.05) is 6.54 Å². The lowest BCUT2D eigenvalue weighted by Gasteiger charge is -2.44. The predicted octanol–water partition coefficient (Wildman–Crippen LogP) is 1.55. The van der Waals surface area contributed by atoms with Crippen molar-refractivity contribution in [3.63, 3.8) is 0 Å². The van der Waals surface area contributed by atoms with Crippen LogP contribution in [0.4, 0.5) is 0 Å². The Hall–Kier alpha value is -1.06. The summed E-state index contributed by atoms with van der Waals surface area (Å²) in [6, 6.07) is 0.152. The second kappa shape index (κ2) is 5.07. The van der Waals surface area contributed by atoms with E-state index in [1.165, 1.54) is 0 Å². The van der Waals surface area contributed by atoms with Gasteiger partial charge < -0.3 is 10.2 Å². The molecule has 0 aliphatic carbocycles. The van der Waals surface area contributed by atoms with Crippen molar-refractivity contribution < 1.29 is 9.59 Å². The van der Waals surface area contributed by atoms with Crippen molar-refractivity contribution in [3.8, 4) is 0 Å². The third-order valence-electron chi connectivity index (χ3n) is 3.76. The van der Waals surface area contributed by atoms with Gasteiger partial charge in [0.25, 0.3) is 0 Å². The molecule has 4 heteroatoms. The van der Waals surface area contributed by atoms with Gasteiger partial charge in [-0.05, 0) is 25.7 Å². The fourth-order valence-corrected chi connectivity index (χ4v) is 2.50. The molecular formula is C13H24N2O2. The molecular weight excluding hydrogens is 216 g/mol. The lowest BCUT2D eigenvalue weighted by molar-refractivity contribution is -0.152. The third-order valence-corrected chi connectivity index (χ3v) is 3.76. The number of piperazine rings is 1. The van der Waals surface area contributed by atoms with E-state index in [1.807, 2.05) is 13.8 Å². The number of carbonyl (C=O) groups excluding carboxylic acids is 2. The van der Waals surface area contributed by atoms with Gasteiger partial charge in [0.15, 0.2) is 0 Å². The van der Waals surface area contributed by atoms with Crippen molar-refractivity contribution in [2.24, 2.45) is 5.92 Å². The fourth-order valence-electron chi connectivity index (χ4n) is 2.50. The van der Waals surface area contributed by atoms with E-state index in [4.69, 9.17) is 0 Å². The first-order valence-corrected chi connectivity index (χ1v) is 6.47. The van der Waals surface area contributed by atoms with Crippen LogP contribution < -0.4 is 5.32 Å². The Bertz CT molecular complexity index is 315. The summed E-state index contributed by atoms with van der Waals surface area (Å²) in [6.45, 7) is 10.2. The van der Waals surface area contributed by atoms with E-state index >= 15 is 0 Å². The number of nitrogens with zero attached hydrogens (tertiary/aromatic N) is 1. The van der Waals surface area contributed by atoms with Crippen LogP contribution in [0.2, 0.25) is 0 Å². The standard InChI is InChI=1S/C13H24N2O2/c1-6-10(9(3)4)15-8-11(16)14-13(5,7-2)12(15)17/h9-10H,6-8H2,1-5H3,(H,14,16). The van der Waals surface area contributed by atoms with Gasteiger partial charge in [-0.3, -0.25) is 9.59 Å². The number of hydrogen-bond donors (Lipinski definition) is 1. The SMILES string of the molecule is CCC(C(C)C)N1CC(=O)NC(C)(CC)C1=O. The highest BCUT2D eigenvalue weighted by atomic mass is 16.2. The average molecular weight is 240 g/mol. The highest BCUT2D eigenvalue weighted by molar-refractivity contribution is 5.97. The first-order chi connectivity index (χ1) is 7.85. The summed E-state index contributed by atoms with van der Waals surface area (Å²) in [5.41, 5.74) is -0.725. The normalized spacial score (nSPS) is 27.3. The smallest absolute Gasteiger partial charge is 0.248 e. The maximum Gasteiger partial charge on any atom is 0.248 e. The second-order valence-electron chi connectivity index (χ2n) is 5.39. The molecule has 0 radical (unpaired) electrons. The average Bonchev–Trinajstić information content (AvgIpc) is 2.25. The molecule has 1 aliphatic heterocycles. The van der Waals surface area contributed by atoms with E-state index < -0.39 is 5.54 Å². The Morgan fingerprint density at radius 1 is 1.35 bits per heavy atom. The molecule has 0 spiro atoms. The quantitative estimate of drug-likeness (QED) is 0.810. The predicted molar refractivity (Wildman–Crippen MR) is 67.5 cm³/mol. The summed E-state index contributed by atoms with van der Waals surface area (Å²) in [7, 11) is 0. The summed E-state index contributed by atoms with van der Waals surface area (Å²) in [5, 5.41) is 2.81. The van der Waals surface area contributed by atoms with Gasteiger partial charge in [0.05, 0.1) is 6.54 Å². The first-order valence-electron chi connectivity index (χ1n) is 6.47. The van der Waals surface area contributed by atoms with E-state index in [9.17, 15) is 9.59 Å². The minimum atomic E-state index is -0.725. The molecule has 1 saturated heterocycles. The van der Waals surface area contributed by atoms with Crippen LogP contribution in [0.1, 0.15) is 47.5 Å². The van der Waals surface area contributed by atoms with E-state index in [1.54, 1.807) is 4.90 Å². The Morgan fingerprint density at radius 3 is 2.35 bits per heavy atom. The number of nitrogens with one attached hydrogen (secondary N) is 1. The zero-order valence-corrected chi connectivity index (χ0v) is 11.5. The van der Waals surface area contributed by atoms with Crippen molar-refractivity contribution in [1.82, 2.24) is 10.2 Å². The molecule has 2 atom stereocenters. The fraction of sp³-hybridized carbons (Fsp3) is 0.846. The summed E-state index contributed by atoms with van der Waals surface area (Å²) in [4.78, 5) is 25.9. The number of amides is 2. The van der Waals surface area contributed by atoms with Gasteiger partial charge in [-0.1, -0.05) is 27.7 Å². The van der Waals surface area contributed by atoms with Gasteiger partial charge in [0.2, 0.25) is 11.8 Å². The lowest BCUT2D eigenvalue weighted by Crippen LogP contribution is -2.67. The summed E-state index contributed by atoms with van der Waals surface area (Å²) in [6.07, 6.45) is 1.51. The van der Waals surface area contributed by atoms with Gasteiger partial charge in [-0.2, -0.15) is 0 Å². The molecule has 0 aromatic carbocycles. The van der Waals surface area contributed by atoms with Crippen molar-refractivity contribution in [1.29, 1.82) is 0 Å². The maximum absolute atomic E-state index is 12.4. The first kappa shape index (κ1) is 14.0. The summed E-state index contributed by atoms with van der Waals surface area (Å²) >= 11 is 0. The van der Waals surface area contributed by atoms with Crippen LogP contribution in [0.5, 0.6) is 0 Å². The van der Waals surface area contributed by atoms with Crippen LogP contribution in [0.15, 0.2) is 0 Å². The molecule has 4 nitrogen and oxygen atoms in total.